The summed E-state index contributed by atoms with van der Waals surface area (Å²) >= 11 is 0. The molecule has 5 heteroatoms. The SMILES string of the molecule is OC(CCOCC(F)F)c1cccc2cccnc12. The molecule has 0 fully saturated rings. The van der Waals surface area contributed by atoms with Crippen LogP contribution in [0.15, 0.2) is 36.5 Å². The Labute approximate surface area is 109 Å². The van der Waals surface area contributed by atoms with E-state index in [1.807, 2.05) is 24.3 Å². The van der Waals surface area contributed by atoms with Crippen LogP contribution in [-0.2, 0) is 4.74 Å². The number of aromatic nitrogens is 1. The Hall–Kier alpha value is -1.59. The summed E-state index contributed by atoms with van der Waals surface area (Å²) in [6.45, 7) is -0.505. The van der Waals surface area contributed by atoms with Crippen LogP contribution in [0.1, 0.15) is 18.1 Å². The number of aliphatic hydroxyl groups excluding tert-OH is 1. The Balaban J connectivity index is 2.03. The molecule has 19 heavy (non-hydrogen) atoms. The van der Waals surface area contributed by atoms with Crippen LogP contribution in [0.4, 0.5) is 8.78 Å². The van der Waals surface area contributed by atoms with Crippen LogP contribution >= 0.6 is 0 Å². The molecule has 0 spiro atoms. The molecule has 2 aromatic rings. The van der Waals surface area contributed by atoms with Gasteiger partial charge in [0, 0.05) is 30.2 Å². The highest BCUT2D eigenvalue weighted by Crippen LogP contribution is 2.24. The smallest absolute Gasteiger partial charge is 0.261 e. The minimum Gasteiger partial charge on any atom is -0.388 e. The highest BCUT2D eigenvalue weighted by molar-refractivity contribution is 5.81. The van der Waals surface area contributed by atoms with E-state index in [1.54, 1.807) is 12.3 Å². The minimum absolute atomic E-state index is 0.0920. The van der Waals surface area contributed by atoms with Crippen molar-refractivity contribution in [1.29, 1.82) is 0 Å². The van der Waals surface area contributed by atoms with E-state index in [0.29, 0.717) is 5.56 Å². The normalized spacial score (nSPS) is 13.1. The molecular weight excluding hydrogens is 252 g/mol. The maximum Gasteiger partial charge on any atom is 0.261 e. The lowest BCUT2D eigenvalue weighted by Gasteiger charge is -2.13. The van der Waals surface area contributed by atoms with Gasteiger partial charge in [-0.1, -0.05) is 24.3 Å². The van der Waals surface area contributed by atoms with Crippen LogP contribution in [0.3, 0.4) is 0 Å². The summed E-state index contributed by atoms with van der Waals surface area (Å²) in [6.07, 6.45) is -1.32. The molecule has 1 heterocycles. The highest BCUT2D eigenvalue weighted by Gasteiger charge is 2.12. The first kappa shape index (κ1) is 13.8. The standard InChI is InChI=1S/C14H15F2NO2/c15-13(16)9-19-8-6-12(18)11-5-1-3-10-4-2-7-17-14(10)11/h1-5,7,12-13,18H,6,8-9H2. The molecule has 1 atom stereocenters. The largest absolute Gasteiger partial charge is 0.388 e. The van der Waals surface area contributed by atoms with Crippen LogP contribution in [0.2, 0.25) is 0 Å². The van der Waals surface area contributed by atoms with Gasteiger partial charge in [0.1, 0.15) is 6.61 Å². The zero-order chi connectivity index (χ0) is 13.7. The van der Waals surface area contributed by atoms with Crippen molar-refractivity contribution < 1.29 is 18.6 Å². The molecule has 3 nitrogen and oxygen atoms in total. The molecule has 1 unspecified atom stereocenters. The number of benzene rings is 1. The number of ether oxygens (including phenoxy) is 1. The molecular formula is C14H15F2NO2. The predicted molar refractivity (Wildman–Crippen MR) is 68.1 cm³/mol. The summed E-state index contributed by atoms with van der Waals surface area (Å²) in [5.41, 5.74) is 1.42. The number of nitrogens with zero attached hydrogens (tertiary/aromatic N) is 1. The van der Waals surface area contributed by atoms with Gasteiger partial charge in [-0.2, -0.15) is 0 Å². The molecule has 0 aliphatic heterocycles. The number of pyridine rings is 1. The maximum absolute atomic E-state index is 11.9. The lowest BCUT2D eigenvalue weighted by atomic mass is 10.0. The fourth-order valence-corrected chi connectivity index (χ4v) is 1.92. The van der Waals surface area contributed by atoms with Gasteiger partial charge in [-0.3, -0.25) is 4.98 Å². The van der Waals surface area contributed by atoms with Crippen molar-refractivity contribution in [2.75, 3.05) is 13.2 Å². The van der Waals surface area contributed by atoms with Crippen LogP contribution in [0.25, 0.3) is 10.9 Å². The summed E-state index contributed by atoms with van der Waals surface area (Å²) in [5.74, 6) is 0. The summed E-state index contributed by atoms with van der Waals surface area (Å²) in [6, 6.07) is 9.26. The van der Waals surface area contributed by atoms with E-state index < -0.39 is 19.1 Å². The van der Waals surface area contributed by atoms with Crippen molar-refractivity contribution in [3.05, 3.63) is 42.1 Å². The van der Waals surface area contributed by atoms with Crippen LogP contribution < -0.4 is 0 Å². The van der Waals surface area contributed by atoms with Crippen molar-refractivity contribution in [2.24, 2.45) is 0 Å². The monoisotopic (exact) mass is 267 g/mol. The van der Waals surface area contributed by atoms with Gasteiger partial charge < -0.3 is 9.84 Å². The van der Waals surface area contributed by atoms with Crippen LogP contribution in [0.5, 0.6) is 0 Å². The van der Waals surface area contributed by atoms with Gasteiger partial charge in [0.05, 0.1) is 11.6 Å². The summed E-state index contributed by atoms with van der Waals surface area (Å²) in [7, 11) is 0. The molecule has 0 saturated carbocycles. The van der Waals surface area contributed by atoms with E-state index in [0.717, 1.165) is 10.9 Å². The number of rotatable bonds is 6. The summed E-state index contributed by atoms with van der Waals surface area (Å²) < 4.78 is 28.6. The molecule has 1 N–H and O–H groups in total. The molecule has 0 amide bonds. The maximum atomic E-state index is 11.9. The molecule has 0 bridgehead atoms. The quantitative estimate of drug-likeness (QED) is 0.818. The average molecular weight is 267 g/mol. The first-order chi connectivity index (χ1) is 9.18. The van der Waals surface area contributed by atoms with E-state index in [4.69, 9.17) is 4.74 Å². The lowest BCUT2D eigenvalue weighted by Crippen LogP contribution is -2.09. The Bertz CT molecular complexity index is 528. The van der Waals surface area contributed by atoms with Crippen molar-refractivity contribution in [2.45, 2.75) is 19.0 Å². The van der Waals surface area contributed by atoms with Crippen LogP contribution in [0, 0.1) is 0 Å². The van der Waals surface area contributed by atoms with Gasteiger partial charge in [0.15, 0.2) is 0 Å². The van der Waals surface area contributed by atoms with Crippen molar-refractivity contribution in [3.63, 3.8) is 0 Å². The fraction of sp³-hybridized carbons (Fsp3) is 0.357. The first-order valence-electron chi connectivity index (χ1n) is 6.06. The van der Waals surface area contributed by atoms with E-state index in [2.05, 4.69) is 4.98 Å². The lowest BCUT2D eigenvalue weighted by molar-refractivity contribution is 0.00493. The number of hydrogen-bond acceptors (Lipinski definition) is 3. The summed E-state index contributed by atoms with van der Waals surface area (Å²) in [4.78, 5) is 4.24. The number of hydrogen-bond donors (Lipinski definition) is 1. The van der Waals surface area contributed by atoms with Gasteiger partial charge in [-0.25, -0.2) is 8.78 Å². The molecule has 1 aromatic carbocycles. The third-order valence-electron chi connectivity index (χ3n) is 2.80. The average Bonchev–Trinajstić information content (AvgIpc) is 2.42. The van der Waals surface area contributed by atoms with Crippen LogP contribution in [-0.4, -0.2) is 29.7 Å². The summed E-state index contributed by atoms with van der Waals surface area (Å²) in [5, 5.41) is 11.0. The predicted octanol–water partition coefficient (Wildman–Crippen LogP) is 2.94. The highest BCUT2D eigenvalue weighted by atomic mass is 19.3. The third-order valence-corrected chi connectivity index (χ3v) is 2.80. The van der Waals surface area contributed by atoms with E-state index in [9.17, 15) is 13.9 Å². The second-order valence-corrected chi connectivity index (χ2v) is 4.19. The Morgan fingerprint density at radius 3 is 2.79 bits per heavy atom. The fourth-order valence-electron chi connectivity index (χ4n) is 1.92. The number of para-hydroxylation sites is 1. The van der Waals surface area contributed by atoms with Gasteiger partial charge in [0.25, 0.3) is 6.43 Å². The van der Waals surface area contributed by atoms with Crippen molar-refractivity contribution in [1.82, 2.24) is 4.98 Å². The van der Waals surface area contributed by atoms with Gasteiger partial charge in [-0.05, 0) is 6.07 Å². The number of aliphatic hydroxyl groups is 1. The molecule has 0 aliphatic rings. The second-order valence-electron chi connectivity index (χ2n) is 4.19. The minimum atomic E-state index is -2.48. The molecule has 0 saturated heterocycles. The zero-order valence-electron chi connectivity index (χ0n) is 10.3. The third kappa shape index (κ3) is 3.68. The van der Waals surface area contributed by atoms with Crippen molar-refractivity contribution in [3.8, 4) is 0 Å². The zero-order valence-corrected chi connectivity index (χ0v) is 10.3. The first-order valence-corrected chi connectivity index (χ1v) is 6.06. The Morgan fingerprint density at radius 1 is 1.21 bits per heavy atom. The number of fused-ring (bicyclic) bond motifs is 1. The van der Waals surface area contributed by atoms with Gasteiger partial charge in [0.2, 0.25) is 0 Å². The Kier molecular flexibility index (Phi) is 4.76. The van der Waals surface area contributed by atoms with E-state index in [1.165, 1.54) is 0 Å². The molecule has 1 aromatic heterocycles. The molecule has 0 aliphatic carbocycles. The molecule has 102 valence electrons. The molecule has 0 radical (unpaired) electrons. The van der Waals surface area contributed by atoms with Gasteiger partial charge in [-0.15, -0.1) is 0 Å². The van der Waals surface area contributed by atoms with Gasteiger partial charge >= 0.3 is 0 Å². The van der Waals surface area contributed by atoms with E-state index >= 15 is 0 Å². The number of alkyl halides is 2. The van der Waals surface area contributed by atoms with E-state index in [-0.39, 0.29) is 13.0 Å². The van der Waals surface area contributed by atoms with Crippen molar-refractivity contribution >= 4 is 10.9 Å². The number of halogens is 2. The second kappa shape index (κ2) is 6.54. The molecule has 2 rings (SSSR count). The Morgan fingerprint density at radius 2 is 2.00 bits per heavy atom. The topological polar surface area (TPSA) is 42.4 Å².